The van der Waals surface area contributed by atoms with Gasteiger partial charge in [-0.25, -0.2) is 4.79 Å². The first-order chi connectivity index (χ1) is 16.2. The van der Waals surface area contributed by atoms with Crippen LogP contribution in [-0.2, 0) is 24.6 Å². The molecule has 4 rings (SSSR count). The summed E-state index contributed by atoms with van der Waals surface area (Å²) in [5, 5.41) is 0. The molecule has 0 amide bonds. The summed E-state index contributed by atoms with van der Waals surface area (Å²) in [4.78, 5) is 13.1. The Balaban J connectivity index is 1.59. The zero-order chi connectivity index (χ0) is 22.9. The van der Waals surface area contributed by atoms with Crippen molar-refractivity contribution in [2.24, 2.45) is 0 Å². The van der Waals surface area contributed by atoms with Crippen molar-refractivity contribution in [1.82, 2.24) is 0 Å². The Bertz CT molecular complexity index is 1180. The maximum Gasteiger partial charge on any atom is 0.342 e. The second kappa shape index (κ2) is 11.3. The van der Waals surface area contributed by atoms with Crippen molar-refractivity contribution in [3.63, 3.8) is 0 Å². The average molecular weight is 503 g/mol. The molecule has 0 aromatic heterocycles. The van der Waals surface area contributed by atoms with Gasteiger partial charge < -0.3 is 14.2 Å². The Morgan fingerprint density at radius 1 is 0.636 bits per heavy atom. The van der Waals surface area contributed by atoms with Crippen molar-refractivity contribution in [3.8, 4) is 11.5 Å². The molecular weight excluding hydrogens is 480 g/mol. The summed E-state index contributed by atoms with van der Waals surface area (Å²) in [5.74, 6) is 0.347. The summed E-state index contributed by atoms with van der Waals surface area (Å²) in [6.07, 6.45) is 0. The van der Waals surface area contributed by atoms with Gasteiger partial charge >= 0.3 is 5.97 Å². The molecule has 33 heavy (non-hydrogen) atoms. The molecule has 5 heteroatoms. The molecule has 4 aromatic rings. The van der Waals surface area contributed by atoms with Crippen LogP contribution in [0.2, 0.25) is 0 Å². The lowest BCUT2D eigenvalue weighted by Gasteiger charge is -2.17. The Kier molecular flexibility index (Phi) is 7.77. The van der Waals surface area contributed by atoms with E-state index in [0.717, 1.165) is 16.7 Å². The fourth-order valence-electron chi connectivity index (χ4n) is 3.24. The highest BCUT2D eigenvalue weighted by Crippen LogP contribution is 2.37. The number of ether oxygens (including phenoxy) is 3. The van der Waals surface area contributed by atoms with Gasteiger partial charge in [0.2, 0.25) is 0 Å². The standard InChI is InChI=1S/C28H23BrO4/c29-24-16-25(28(30)33-20-23-14-8-3-9-15-23)27(32-19-22-12-6-2-7-13-22)26(17-24)31-18-21-10-4-1-5-11-21/h1-17H,18-20H2. The number of esters is 1. The fourth-order valence-corrected chi connectivity index (χ4v) is 3.68. The van der Waals surface area contributed by atoms with Gasteiger partial charge in [0.1, 0.15) is 25.4 Å². The summed E-state index contributed by atoms with van der Waals surface area (Å²) in [7, 11) is 0. The molecule has 0 saturated heterocycles. The molecule has 0 atom stereocenters. The Morgan fingerprint density at radius 3 is 1.67 bits per heavy atom. The van der Waals surface area contributed by atoms with Gasteiger partial charge in [-0.15, -0.1) is 0 Å². The van der Waals surface area contributed by atoms with Crippen molar-refractivity contribution in [3.05, 3.63) is 130 Å². The van der Waals surface area contributed by atoms with Crippen molar-refractivity contribution < 1.29 is 19.0 Å². The second-order valence-corrected chi connectivity index (χ2v) is 8.31. The number of halogens is 1. The van der Waals surface area contributed by atoms with Crippen LogP contribution >= 0.6 is 15.9 Å². The second-order valence-electron chi connectivity index (χ2n) is 7.39. The van der Waals surface area contributed by atoms with E-state index in [4.69, 9.17) is 14.2 Å². The van der Waals surface area contributed by atoms with E-state index in [2.05, 4.69) is 15.9 Å². The van der Waals surface area contributed by atoms with Crippen molar-refractivity contribution in [1.29, 1.82) is 0 Å². The van der Waals surface area contributed by atoms with E-state index >= 15 is 0 Å². The molecular formula is C28H23BrO4. The van der Waals surface area contributed by atoms with Gasteiger partial charge in [0.05, 0.1) is 0 Å². The molecule has 0 aliphatic heterocycles. The number of benzene rings is 4. The molecule has 4 aromatic carbocycles. The van der Waals surface area contributed by atoms with Gasteiger partial charge in [0.25, 0.3) is 0 Å². The summed E-state index contributed by atoms with van der Waals surface area (Å²) in [5.41, 5.74) is 3.21. The van der Waals surface area contributed by atoms with Crippen LogP contribution in [0.4, 0.5) is 0 Å². The molecule has 0 unspecified atom stereocenters. The largest absolute Gasteiger partial charge is 0.485 e. The molecule has 0 bridgehead atoms. The third-order valence-electron chi connectivity index (χ3n) is 4.92. The van der Waals surface area contributed by atoms with E-state index in [9.17, 15) is 4.79 Å². The summed E-state index contributed by atoms with van der Waals surface area (Å²) >= 11 is 3.49. The molecule has 4 nitrogen and oxygen atoms in total. The van der Waals surface area contributed by atoms with Gasteiger partial charge in [-0.1, -0.05) is 107 Å². The predicted molar refractivity (Wildman–Crippen MR) is 131 cm³/mol. The molecule has 166 valence electrons. The van der Waals surface area contributed by atoms with E-state index < -0.39 is 5.97 Å². The summed E-state index contributed by atoms with van der Waals surface area (Å²) in [6, 6.07) is 32.7. The van der Waals surface area contributed by atoms with E-state index in [0.29, 0.717) is 34.7 Å². The average Bonchev–Trinajstić information content (AvgIpc) is 2.87. The minimum atomic E-state index is -0.479. The van der Waals surface area contributed by atoms with Gasteiger partial charge in [0, 0.05) is 4.47 Å². The van der Waals surface area contributed by atoms with E-state index in [1.807, 2.05) is 91.0 Å². The van der Waals surface area contributed by atoms with Crippen LogP contribution in [0.15, 0.2) is 108 Å². The lowest BCUT2D eigenvalue weighted by molar-refractivity contribution is 0.0466. The minimum absolute atomic E-state index is 0.171. The highest BCUT2D eigenvalue weighted by Gasteiger charge is 2.21. The summed E-state index contributed by atoms with van der Waals surface area (Å²) in [6.45, 7) is 0.811. The van der Waals surface area contributed by atoms with Crippen LogP contribution in [0, 0.1) is 0 Å². The quantitative estimate of drug-likeness (QED) is 0.232. The van der Waals surface area contributed by atoms with E-state index in [1.54, 1.807) is 12.1 Å². The van der Waals surface area contributed by atoms with Crippen LogP contribution in [0.5, 0.6) is 11.5 Å². The third-order valence-corrected chi connectivity index (χ3v) is 5.37. The minimum Gasteiger partial charge on any atom is -0.485 e. The SMILES string of the molecule is O=C(OCc1ccccc1)c1cc(Br)cc(OCc2ccccc2)c1OCc1ccccc1. The zero-order valence-electron chi connectivity index (χ0n) is 17.9. The van der Waals surface area contributed by atoms with Gasteiger partial charge in [-0.2, -0.15) is 0 Å². The number of hydrogen-bond acceptors (Lipinski definition) is 4. The lowest BCUT2D eigenvalue weighted by Crippen LogP contribution is -2.10. The first kappa shape index (κ1) is 22.6. The van der Waals surface area contributed by atoms with E-state index in [1.165, 1.54) is 0 Å². The summed E-state index contributed by atoms with van der Waals surface area (Å²) < 4.78 is 18.5. The third kappa shape index (κ3) is 6.46. The van der Waals surface area contributed by atoms with Crippen LogP contribution in [0.3, 0.4) is 0 Å². The molecule has 0 heterocycles. The molecule has 0 saturated carbocycles. The van der Waals surface area contributed by atoms with E-state index in [-0.39, 0.29) is 6.61 Å². The van der Waals surface area contributed by atoms with Crippen molar-refractivity contribution in [2.45, 2.75) is 19.8 Å². The monoisotopic (exact) mass is 502 g/mol. The highest BCUT2D eigenvalue weighted by molar-refractivity contribution is 9.10. The molecule has 0 N–H and O–H groups in total. The molecule has 0 spiro atoms. The normalized spacial score (nSPS) is 10.5. The van der Waals surface area contributed by atoms with Gasteiger partial charge in [-0.05, 0) is 28.8 Å². The van der Waals surface area contributed by atoms with Gasteiger partial charge in [0.15, 0.2) is 11.5 Å². The highest BCUT2D eigenvalue weighted by atomic mass is 79.9. The van der Waals surface area contributed by atoms with Gasteiger partial charge in [-0.3, -0.25) is 0 Å². The number of carbonyl (C=O) groups excluding carboxylic acids is 1. The first-order valence-corrected chi connectivity index (χ1v) is 11.4. The first-order valence-electron chi connectivity index (χ1n) is 10.6. The Morgan fingerprint density at radius 2 is 1.12 bits per heavy atom. The molecule has 0 aliphatic carbocycles. The zero-order valence-corrected chi connectivity index (χ0v) is 19.5. The molecule has 0 fully saturated rings. The van der Waals surface area contributed by atoms with Crippen molar-refractivity contribution >= 4 is 21.9 Å². The Labute approximate surface area is 201 Å². The maximum absolute atomic E-state index is 13.1. The van der Waals surface area contributed by atoms with Crippen molar-refractivity contribution in [2.75, 3.05) is 0 Å². The Hall–Kier alpha value is -3.57. The van der Waals surface area contributed by atoms with Crippen LogP contribution in [0.1, 0.15) is 27.0 Å². The molecule has 0 aliphatic rings. The topological polar surface area (TPSA) is 44.8 Å². The number of hydrogen-bond donors (Lipinski definition) is 0. The number of rotatable bonds is 9. The maximum atomic E-state index is 13.1. The van der Waals surface area contributed by atoms with Crippen LogP contribution < -0.4 is 9.47 Å². The molecule has 0 radical (unpaired) electrons. The predicted octanol–water partition coefficient (Wildman–Crippen LogP) is 6.96. The smallest absolute Gasteiger partial charge is 0.342 e. The lowest BCUT2D eigenvalue weighted by atomic mass is 10.1. The fraction of sp³-hybridized carbons (Fsp3) is 0.107. The van der Waals surface area contributed by atoms with Crippen LogP contribution in [0.25, 0.3) is 0 Å². The number of carbonyl (C=O) groups is 1. The van der Waals surface area contributed by atoms with Crippen LogP contribution in [-0.4, -0.2) is 5.97 Å².